The number of ether oxygens (including phenoxy) is 1. The number of ketones is 1. The highest BCUT2D eigenvalue weighted by atomic mass is 16.5. The Bertz CT molecular complexity index is 154. The van der Waals surface area contributed by atoms with Gasteiger partial charge in [0.05, 0.1) is 6.10 Å². The van der Waals surface area contributed by atoms with Crippen molar-refractivity contribution in [1.29, 1.82) is 0 Å². The zero-order valence-corrected chi connectivity index (χ0v) is 8.01. The maximum absolute atomic E-state index is 10.9. The van der Waals surface area contributed by atoms with E-state index in [1.54, 1.807) is 14.0 Å². The third-order valence-corrected chi connectivity index (χ3v) is 2.64. The molecule has 2 atom stereocenters. The zero-order valence-electron chi connectivity index (χ0n) is 8.01. The van der Waals surface area contributed by atoms with Gasteiger partial charge in [0.25, 0.3) is 0 Å². The Hall–Kier alpha value is -0.370. The van der Waals surface area contributed by atoms with E-state index in [0.717, 1.165) is 12.8 Å². The largest absolute Gasteiger partial charge is 0.381 e. The molecule has 1 saturated carbocycles. The predicted molar refractivity (Wildman–Crippen MR) is 48.1 cm³/mol. The second-order valence-electron chi connectivity index (χ2n) is 3.80. The first kappa shape index (κ1) is 9.72. The molecule has 0 N–H and O–H groups in total. The maximum Gasteiger partial charge on any atom is 0.130 e. The molecule has 12 heavy (non-hydrogen) atoms. The molecule has 0 saturated heterocycles. The van der Waals surface area contributed by atoms with Gasteiger partial charge in [-0.2, -0.15) is 0 Å². The Morgan fingerprint density at radius 3 is 2.83 bits per heavy atom. The summed E-state index contributed by atoms with van der Waals surface area (Å²) in [5.41, 5.74) is 0. The first-order valence-electron chi connectivity index (χ1n) is 4.74. The molecule has 0 aromatic heterocycles. The quantitative estimate of drug-likeness (QED) is 0.649. The molecule has 0 amide bonds. The number of rotatable bonds is 3. The average Bonchev–Trinajstić information content (AvgIpc) is 2.03. The number of carbonyl (C=O) groups excluding carboxylic acids is 1. The maximum atomic E-state index is 10.9. The molecule has 0 spiro atoms. The van der Waals surface area contributed by atoms with E-state index in [9.17, 15) is 4.79 Å². The molecule has 2 unspecified atom stereocenters. The van der Waals surface area contributed by atoms with Gasteiger partial charge in [0, 0.05) is 13.5 Å². The molecule has 2 heteroatoms. The van der Waals surface area contributed by atoms with Crippen LogP contribution in [-0.4, -0.2) is 19.0 Å². The molecule has 0 aromatic carbocycles. The minimum atomic E-state index is 0.316. The highest BCUT2D eigenvalue weighted by Gasteiger charge is 2.22. The number of hydrogen-bond acceptors (Lipinski definition) is 2. The van der Waals surface area contributed by atoms with Crippen molar-refractivity contribution in [3.8, 4) is 0 Å². The van der Waals surface area contributed by atoms with Crippen molar-refractivity contribution >= 4 is 5.78 Å². The van der Waals surface area contributed by atoms with Gasteiger partial charge in [-0.25, -0.2) is 0 Å². The van der Waals surface area contributed by atoms with Crippen LogP contribution in [0.5, 0.6) is 0 Å². The highest BCUT2D eigenvalue weighted by Crippen LogP contribution is 2.28. The van der Waals surface area contributed by atoms with Crippen molar-refractivity contribution in [2.75, 3.05) is 7.11 Å². The first-order chi connectivity index (χ1) is 5.72. The summed E-state index contributed by atoms with van der Waals surface area (Å²) in [6, 6.07) is 0. The lowest BCUT2D eigenvalue weighted by Gasteiger charge is -2.27. The molecule has 1 rings (SSSR count). The van der Waals surface area contributed by atoms with E-state index in [2.05, 4.69) is 0 Å². The summed E-state index contributed by atoms with van der Waals surface area (Å²) in [4.78, 5) is 10.9. The van der Waals surface area contributed by atoms with Gasteiger partial charge in [0.1, 0.15) is 5.78 Å². The molecule has 1 fully saturated rings. The molecule has 1 aliphatic rings. The van der Waals surface area contributed by atoms with Gasteiger partial charge >= 0.3 is 0 Å². The molecule has 0 radical (unpaired) electrons. The Morgan fingerprint density at radius 1 is 1.50 bits per heavy atom. The topological polar surface area (TPSA) is 26.3 Å². The van der Waals surface area contributed by atoms with Gasteiger partial charge in [-0.1, -0.05) is 6.42 Å². The molecule has 0 bridgehead atoms. The number of carbonyl (C=O) groups is 1. The fourth-order valence-corrected chi connectivity index (χ4v) is 2.05. The SMILES string of the molecule is COC1CCCC(CC(C)=O)C1. The molecule has 70 valence electrons. The summed E-state index contributed by atoms with van der Waals surface area (Å²) in [7, 11) is 1.76. The van der Waals surface area contributed by atoms with Gasteiger partial charge in [-0.15, -0.1) is 0 Å². The summed E-state index contributed by atoms with van der Waals surface area (Å²) in [6.07, 6.45) is 5.83. The summed E-state index contributed by atoms with van der Waals surface area (Å²) in [6.45, 7) is 1.68. The summed E-state index contributed by atoms with van der Waals surface area (Å²) < 4.78 is 5.29. The van der Waals surface area contributed by atoms with Crippen LogP contribution in [0.15, 0.2) is 0 Å². The van der Waals surface area contributed by atoms with Crippen molar-refractivity contribution in [1.82, 2.24) is 0 Å². The average molecular weight is 170 g/mol. The van der Waals surface area contributed by atoms with Gasteiger partial charge in [0.2, 0.25) is 0 Å². The second kappa shape index (κ2) is 4.61. The third-order valence-electron chi connectivity index (χ3n) is 2.64. The zero-order chi connectivity index (χ0) is 8.97. The Labute approximate surface area is 74.3 Å². The monoisotopic (exact) mass is 170 g/mol. The van der Waals surface area contributed by atoms with Crippen LogP contribution in [0, 0.1) is 5.92 Å². The van der Waals surface area contributed by atoms with E-state index >= 15 is 0 Å². The molecule has 0 aromatic rings. The summed E-state index contributed by atoms with van der Waals surface area (Å²) in [5.74, 6) is 0.901. The van der Waals surface area contributed by atoms with Crippen molar-refractivity contribution in [2.45, 2.75) is 45.1 Å². The summed E-state index contributed by atoms with van der Waals surface area (Å²) in [5, 5.41) is 0. The van der Waals surface area contributed by atoms with Crippen LogP contribution in [0.2, 0.25) is 0 Å². The van der Waals surface area contributed by atoms with E-state index in [1.165, 1.54) is 19.3 Å². The standard InChI is InChI=1S/C10H18O2/c1-8(11)6-9-4-3-5-10(7-9)12-2/h9-10H,3-7H2,1-2H3. The van der Waals surface area contributed by atoms with Crippen LogP contribution >= 0.6 is 0 Å². The molecular weight excluding hydrogens is 152 g/mol. The normalized spacial score (nSPS) is 30.2. The second-order valence-corrected chi connectivity index (χ2v) is 3.80. The van der Waals surface area contributed by atoms with Crippen LogP contribution in [0.1, 0.15) is 39.0 Å². The molecule has 2 nitrogen and oxygen atoms in total. The minimum Gasteiger partial charge on any atom is -0.381 e. The first-order valence-corrected chi connectivity index (χ1v) is 4.74. The van der Waals surface area contributed by atoms with Gasteiger partial charge < -0.3 is 9.53 Å². The lowest BCUT2D eigenvalue weighted by atomic mass is 9.84. The number of hydrogen-bond donors (Lipinski definition) is 0. The molecule has 0 aliphatic heterocycles. The highest BCUT2D eigenvalue weighted by molar-refractivity contribution is 5.75. The van der Waals surface area contributed by atoms with Crippen molar-refractivity contribution in [2.24, 2.45) is 5.92 Å². The van der Waals surface area contributed by atoms with E-state index < -0.39 is 0 Å². The molecular formula is C10H18O2. The smallest absolute Gasteiger partial charge is 0.130 e. The van der Waals surface area contributed by atoms with Crippen LogP contribution in [0.3, 0.4) is 0 Å². The lowest BCUT2D eigenvalue weighted by molar-refractivity contribution is -0.118. The number of Topliss-reactive ketones (excluding diaryl/α,β-unsaturated/α-hetero) is 1. The van der Waals surface area contributed by atoms with Crippen LogP contribution in [-0.2, 0) is 9.53 Å². The van der Waals surface area contributed by atoms with Crippen molar-refractivity contribution in [3.63, 3.8) is 0 Å². The Kier molecular flexibility index (Phi) is 3.73. The van der Waals surface area contributed by atoms with Gasteiger partial charge in [0.15, 0.2) is 0 Å². The summed E-state index contributed by atoms with van der Waals surface area (Å²) >= 11 is 0. The van der Waals surface area contributed by atoms with Gasteiger partial charge in [-0.05, 0) is 32.1 Å². The van der Waals surface area contributed by atoms with Gasteiger partial charge in [-0.3, -0.25) is 0 Å². The van der Waals surface area contributed by atoms with E-state index in [0.29, 0.717) is 17.8 Å². The fraction of sp³-hybridized carbons (Fsp3) is 0.900. The fourth-order valence-electron chi connectivity index (χ4n) is 2.05. The van der Waals surface area contributed by atoms with E-state index in [-0.39, 0.29) is 0 Å². The minimum absolute atomic E-state index is 0.316. The Balaban J connectivity index is 2.30. The predicted octanol–water partition coefficient (Wildman–Crippen LogP) is 2.17. The Morgan fingerprint density at radius 2 is 2.25 bits per heavy atom. The van der Waals surface area contributed by atoms with E-state index in [4.69, 9.17) is 4.74 Å². The van der Waals surface area contributed by atoms with Crippen LogP contribution in [0.4, 0.5) is 0 Å². The lowest BCUT2D eigenvalue weighted by Crippen LogP contribution is -2.22. The number of methoxy groups -OCH3 is 1. The van der Waals surface area contributed by atoms with Crippen LogP contribution < -0.4 is 0 Å². The van der Waals surface area contributed by atoms with Crippen molar-refractivity contribution < 1.29 is 9.53 Å². The van der Waals surface area contributed by atoms with Crippen LogP contribution in [0.25, 0.3) is 0 Å². The van der Waals surface area contributed by atoms with E-state index in [1.807, 2.05) is 0 Å². The van der Waals surface area contributed by atoms with Crippen molar-refractivity contribution in [3.05, 3.63) is 0 Å². The molecule has 0 heterocycles. The third kappa shape index (κ3) is 2.94. The molecule has 1 aliphatic carbocycles.